The fourth-order valence-electron chi connectivity index (χ4n) is 3.09. The Kier molecular flexibility index (Phi) is 5.40. The predicted octanol–water partition coefficient (Wildman–Crippen LogP) is 1.33. The first kappa shape index (κ1) is 17.1. The van der Waals surface area contributed by atoms with Crippen molar-refractivity contribution < 1.29 is 14.7 Å². The van der Waals surface area contributed by atoms with Crippen LogP contribution < -0.4 is 5.32 Å². The Morgan fingerprint density at radius 3 is 2.52 bits per heavy atom. The minimum atomic E-state index is -0.280. The van der Waals surface area contributed by atoms with E-state index in [4.69, 9.17) is 0 Å². The van der Waals surface area contributed by atoms with E-state index in [9.17, 15) is 14.7 Å². The molecule has 2 amide bonds. The molecule has 0 unspecified atom stereocenters. The summed E-state index contributed by atoms with van der Waals surface area (Å²) in [5.41, 5.74) is 1.14. The van der Waals surface area contributed by atoms with Crippen LogP contribution in [0.15, 0.2) is 54.9 Å². The maximum Gasteiger partial charge on any atom is 0.254 e. The van der Waals surface area contributed by atoms with Crippen LogP contribution in [0, 0.1) is 5.92 Å². The van der Waals surface area contributed by atoms with Gasteiger partial charge in [-0.3, -0.25) is 14.6 Å². The number of aliphatic hydroxyl groups is 1. The van der Waals surface area contributed by atoms with Gasteiger partial charge in [-0.15, -0.1) is 0 Å². The van der Waals surface area contributed by atoms with Crippen molar-refractivity contribution in [2.75, 3.05) is 19.7 Å². The zero-order valence-electron chi connectivity index (χ0n) is 13.8. The third-order valence-corrected chi connectivity index (χ3v) is 4.56. The zero-order valence-corrected chi connectivity index (χ0v) is 13.8. The summed E-state index contributed by atoms with van der Waals surface area (Å²) in [5, 5.41) is 12.6. The maximum atomic E-state index is 12.6. The van der Waals surface area contributed by atoms with Gasteiger partial charge in [0, 0.05) is 49.1 Å². The molecule has 1 aliphatic heterocycles. The lowest BCUT2D eigenvalue weighted by Crippen LogP contribution is -2.55. The number of pyridine rings is 1. The number of nitrogens with one attached hydrogen (secondary N) is 1. The molecule has 6 heteroatoms. The summed E-state index contributed by atoms with van der Waals surface area (Å²) in [4.78, 5) is 30.7. The Bertz CT molecular complexity index is 721. The van der Waals surface area contributed by atoms with Gasteiger partial charge in [-0.25, -0.2) is 0 Å². The molecule has 1 aromatic heterocycles. The molecule has 6 nitrogen and oxygen atoms in total. The van der Waals surface area contributed by atoms with E-state index in [0.717, 1.165) is 0 Å². The number of aliphatic hydroxyl groups excluding tert-OH is 1. The van der Waals surface area contributed by atoms with Crippen LogP contribution in [0.25, 0.3) is 0 Å². The number of nitrogens with zero attached hydrogens (tertiary/aromatic N) is 2. The smallest absolute Gasteiger partial charge is 0.254 e. The van der Waals surface area contributed by atoms with E-state index in [1.807, 2.05) is 6.07 Å². The Balaban J connectivity index is 1.70. The number of hydrogen-bond acceptors (Lipinski definition) is 4. The lowest BCUT2D eigenvalue weighted by molar-refractivity contribution is 0.0541. The highest BCUT2D eigenvalue weighted by Gasteiger charge is 2.32. The predicted molar refractivity (Wildman–Crippen MR) is 93.0 cm³/mol. The Labute approximate surface area is 146 Å². The summed E-state index contributed by atoms with van der Waals surface area (Å²) in [5.74, 6) is -0.339. The molecule has 0 radical (unpaired) electrons. The van der Waals surface area contributed by atoms with Gasteiger partial charge < -0.3 is 15.3 Å². The molecule has 25 heavy (non-hydrogen) atoms. The molecule has 1 aromatic carbocycles. The number of benzene rings is 1. The van der Waals surface area contributed by atoms with Gasteiger partial charge in [0.05, 0.1) is 6.04 Å². The number of hydrogen-bond donors (Lipinski definition) is 2. The fourth-order valence-corrected chi connectivity index (χ4v) is 3.09. The van der Waals surface area contributed by atoms with E-state index in [1.54, 1.807) is 53.7 Å². The van der Waals surface area contributed by atoms with Gasteiger partial charge in [-0.1, -0.05) is 18.2 Å². The lowest BCUT2D eigenvalue weighted by Gasteiger charge is -2.38. The molecular weight excluding hydrogens is 318 g/mol. The quantitative estimate of drug-likeness (QED) is 0.880. The summed E-state index contributed by atoms with van der Waals surface area (Å²) < 4.78 is 0. The van der Waals surface area contributed by atoms with Gasteiger partial charge in [0.25, 0.3) is 11.8 Å². The van der Waals surface area contributed by atoms with Crippen LogP contribution in [0.4, 0.5) is 0 Å². The van der Waals surface area contributed by atoms with Gasteiger partial charge in [0.15, 0.2) is 0 Å². The maximum absolute atomic E-state index is 12.6. The van der Waals surface area contributed by atoms with E-state index in [-0.39, 0.29) is 30.4 Å². The van der Waals surface area contributed by atoms with Crippen LogP contribution in [0.3, 0.4) is 0 Å². The third kappa shape index (κ3) is 4.03. The Morgan fingerprint density at radius 2 is 1.84 bits per heavy atom. The molecule has 2 atom stereocenters. The second-order valence-corrected chi connectivity index (χ2v) is 6.16. The monoisotopic (exact) mass is 339 g/mol. The minimum Gasteiger partial charge on any atom is -0.396 e. The summed E-state index contributed by atoms with van der Waals surface area (Å²) in [6.07, 6.45) is 3.82. The van der Waals surface area contributed by atoms with Crippen LogP contribution >= 0.6 is 0 Å². The van der Waals surface area contributed by atoms with Crippen LogP contribution in [0.2, 0.25) is 0 Å². The van der Waals surface area contributed by atoms with E-state index in [0.29, 0.717) is 30.6 Å². The molecular formula is C19H21N3O3. The number of carbonyl (C=O) groups is 2. The first-order chi connectivity index (χ1) is 12.2. The standard InChI is InChI=1S/C19H21N3O3/c23-13-16-8-11-22(19(25)15-6-9-20-10-7-15)12-17(16)21-18(24)14-4-2-1-3-5-14/h1-7,9-10,16-17,23H,8,11-13H2,(H,21,24)/t16-,17-/m1/s1. The molecule has 2 heterocycles. The highest BCUT2D eigenvalue weighted by molar-refractivity contribution is 5.95. The van der Waals surface area contributed by atoms with E-state index in [2.05, 4.69) is 10.3 Å². The third-order valence-electron chi connectivity index (χ3n) is 4.56. The number of likely N-dealkylation sites (tertiary alicyclic amines) is 1. The second kappa shape index (κ2) is 7.90. The van der Waals surface area contributed by atoms with E-state index in [1.165, 1.54) is 0 Å². The lowest BCUT2D eigenvalue weighted by atomic mass is 9.91. The van der Waals surface area contributed by atoms with Gasteiger partial charge >= 0.3 is 0 Å². The Morgan fingerprint density at radius 1 is 1.12 bits per heavy atom. The van der Waals surface area contributed by atoms with Crippen LogP contribution in [-0.2, 0) is 0 Å². The highest BCUT2D eigenvalue weighted by atomic mass is 16.3. The van der Waals surface area contributed by atoms with Gasteiger partial charge in [0.1, 0.15) is 0 Å². The average Bonchev–Trinajstić information content (AvgIpc) is 2.68. The average molecular weight is 339 g/mol. The van der Waals surface area contributed by atoms with Gasteiger partial charge in [-0.05, 0) is 30.7 Å². The van der Waals surface area contributed by atoms with Gasteiger partial charge in [-0.2, -0.15) is 0 Å². The summed E-state index contributed by atoms with van der Waals surface area (Å²) in [6.45, 7) is 0.923. The molecule has 1 fully saturated rings. The SMILES string of the molecule is O=C(N[C@@H]1CN(C(=O)c2ccncc2)CC[C@@H]1CO)c1ccccc1. The summed E-state index contributed by atoms with van der Waals surface area (Å²) >= 11 is 0. The van der Waals surface area contributed by atoms with E-state index >= 15 is 0 Å². The van der Waals surface area contributed by atoms with Crippen molar-refractivity contribution in [3.63, 3.8) is 0 Å². The van der Waals surface area contributed by atoms with E-state index < -0.39 is 0 Å². The van der Waals surface area contributed by atoms with Crippen LogP contribution in [-0.4, -0.2) is 52.5 Å². The van der Waals surface area contributed by atoms with Crippen molar-refractivity contribution in [1.82, 2.24) is 15.2 Å². The molecule has 0 saturated carbocycles. The molecule has 130 valence electrons. The van der Waals surface area contributed by atoms with Crippen molar-refractivity contribution in [1.29, 1.82) is 0 Å². The van der Waals surface area contributed by atoms with Crippen LogP contribution in [0.5, 0.6) is 0 Å². The van der Waals surface area contributed by atoms with Crippen molar-refractivity contribution in [2.45, 2.75) is 12.5 Å². The first-order valence-electron chi connectivity index (χ1n) is 8.35. The zero-order chi connectivity index (χ0) is 17.6. The van der Waals surface area contributed by atoms with Crippen molar-refractivity contribution in [3.05, 3.63) is 66.0 Å². The fraction of sp³-hybridized carbons (Fsp3) is 0.316. The topological polar surface area (TPSA) is 82.5 Å². The molecule has 1 aliphatic rings. The van der Waals surface area contributed by atoms with Crippen molar-refractivity contribution in [3.8, 4) is 0 Å². The molecule has 3 rings (SSSR count). The normalized spacial score (nSPS) is 20.1. The van der Waals surface area contributed by atoms with Crippen LogP contribution in [0.1, 0.15) is 27.1 Å². The molecule has 1 saturated heterocycles. The number of carbonyl (C=O) groups excluding carboxylic acids is 2. The molecule has 2 aromatic rings. The number of aromatic nitrogens is 1. The second-order valence-electron chi connectivity index (χ2n) is 6.16. The summed E-state index contributed by atoms with van der Waals surface area (Å²) in [6, 6.07) is 12.0. The van der Waals surface area contributed by atoms with Crippen molar-refractivity contribution >= 4 is 11.8 Å². The molecule has 2 N–H and O–H groups in total. The number of rotatable bonds is 4. The number of piperidine rings is 1. The summed E-state index contributed by atoms with van der Waals surface area (Å²) in [7, 11) is 0. The van der Waals surface area contributed by atoms with Crippen molar-refractivity contribution in [2.24, 2.45) is 5.92 Å². The Hall–Kier alpha value is -2.73. The number of amides is 2. The molecule has 0 aliphatic carbocycles. The largest absolute Gasteiger partial charge is 0.396 e. The molecule has 0 bridgehead atoms. The highest BCUT2D eigenvalue weighted by Crippen LogP contribution is 2.20. The molecule has 0 spiro atoms. The minimum absolute atomic E-state index is 0.0168. The first-order valence-corrected chi connectivity index (χ1v) is 8.35. The van der Waals surface area contributed by atoms with Gasteiger partial charge in [0.2, 0.25) is 0 Å².